The average molecular weight is 378 g/mol. The highest BCUT2D eigenvalue weighted by Gasteiger charge is 2.32. The molecule has 0 saturated heterocycles. The molecule has 138 valence electrons. The first-order valence-corrected chi connectivity index (χ1v) is 10.6. The summed E-state index contributed by atoms with van der Waals surface area (Å²) < 4.78 is 0. The second-order valence-corrected chi connectivity index (χ2v) is 8.26. The summed E-state index contributed by atoms with van der Waals surface area (Å²) in [6.07, 6.45) is 6.48. The van der Waals surface area contributed by atoms with Gasteiger partial charge in [0.1, 0.15) is 11.1 Å². The Morgan fingerprint density at radius 3 is 2.74 bits per heavy atom. The van der Waals surface area contributed by atoms with Crippen molar-refractivity contribution >= 4 is 17.7 Å². The molecule has 0 N–H and O–H groups in total. The number of nitriles is 1. The van der Waals surface area contributed by atoms with Crippen molar-refractivity contribution < 1.29 is 4.79 Å². The summed E-state index contributed by atoms with van der Waals surface area (Å²) in [4.78, 5) is 19.6. The maximum Gasteiger partial charge on any atom is 0.233 e. The molecule has 1 fully saturated rings. The van der Waals surface area contributed by atoms with Crippen LogP contribution in [0, 0.1) is 11.3 Å². The fraction of sp³-hybridized carbons (Fsp3) is 0.409. The Bertz CT molecular complexity index is 871. The number of pyridine rings is 1. The Kier molecular flexibility index (Phi) is 5.45. The molecule has 0 spiro atoms. The number of carbonyl (C=O) groups is 1. The predicted octanol–water partition coefficient (Wildman–Crippen LogP) is 4.12. The molecule has 4 rings (SSSR count). The molecule has 1 heterocycles. The fourth-order valence-corrected chi connectivity index (χ4v) is 4.47. The highest BCUT2D eigenvalue weighted by molar-refractivity contribution is 8.00. The molecule has 27 heavy (non-hydrogen) atoms. The summed E-state index contributed by atoms with van der Waals surface area (Å²) in [5.74, 6) is 0.471. The van der Waals surface area contributed by atoms with Gasteiger partial charge < -0.3 is 4.90 Å². The SMILES string of the molecule is N#Cc1cc2c(nc1SCC(=O)N(Cc1ccccc1)C1CC1)CCCC2. The van der Waals surface area contributed by atoms with Crippen LogP contribution in [0.15, 0.2) is 41.4 Å². The number of benzene rings is 1. The lowest BCUT2D eigenvalue weighted by Crippen LogP contribution is -2.34. The summed E-state index contributed by atoms with van der Waals surface area (Å²) in [5, 5.41) is 10.2. The third-order valence-electron chi connectivity index (χ3n) is 5.22. The van der Waals surface area contributed by atoms with Gasteiger partial charge >= 0.3 is 0 Å². The van der Waals surface area contributed by atoms with Crippen LogP contribution in [-0.2, 0) is 24.2 Å². The molecule has 2 aromatic rings. The zero-order valence-corrected chi connectivity index (χ0v) is 16.2. The van der Waals surface area contributed by atoms with E-state index in [4.69, 9.17) is 4.98 Å². The van der Waals surface area contributed by atoms with Crippen LogP contribution in [0.25, 0.3) is 0 Å². The zero-order valence-electron chi connectivity index (χ0n) is 15.4. The normalized spacial score (nSPS) is 15.7. The zero-order chi connectivity index (χ0) is 18.6. The minimum Gasteiger partial charge on any atom is -0.335 e. The van der Waals surface area contributed by atoms with E-state index < -0.39 is 0 Å². The van der Waals surface area contributed by atoms with Crippen LogP contribution in [-0.4, -0.2) is 27.6 Å². The lowest BCUT2D eigenvalue weighted by Gasteiger charge is -2.23. The van der Waals surface area contributed by atoms with E-state index in [1.54, 1.807) is 0 Å². The average Bonchev–Trinajstić information content (AvgIpc) is 3.55. The van der Waals surface area contributed by atoms with E-state index in [1.807, 2.05) is 29.2 Å². The highest BCUT2D eigenvalue weighted by atomic mass is 32.2. The Morgan fingerprint density at radius 2 is 2.00 bits per heavy atom. The molecular formula is C22H23N3OS. The summed E-state index contributed by atoms with van der Waals surface area (Å²) in [7, 11) is 0. The minimum atomic E-state index is 0.134. The van der Waals surface area contributed by atoms with E-state index >= 15 is 0 Å². The monoisotopic (exact) mass is 377 g/mol. The number of nitrogens with zero attached hydrogens (tertiary/aromatic N) is 3. The summed E-state index contributed by atoms with van der Waals surface area (Å²) in [6.45, 7) is 0.660. The van der Waals surface area contributed by atoms with E-state index in [0.717, 1.165) is 43.4 Å². The Balaban J connectivity index is 1.45. The Labute approximate surface area is 164 Å². The van der Waals surface area contributed by atoms with Gasteiger partial charge in [0.2, 0.25) is 5.91 Å². The number of thioether (sulfide) groups is 1. The number of amides is 1. The summed E-state index contributed by atoms with van der Waals surface area (Å²) in [6, 6.07) is 14.8. The number of rotatable bonds is 6. The number of hydrogen-bond acceptors (Lipinski definition) is 4. The van der Waals surface area contributed by atoms with Crippen LogP contribution in [0.2, 0.25) is 0 Å². The number of carbonyl (C=O) groups excluding carboxylic acids is 1. The first kappa shape index (κ1) is 18.1. The van der Waals surface area contributed by atoms with Crippen LogP contribution >= 0.6 is 11.8 Å². The van der Waals surface area contributed by atoms with E-state index in [2.05, 4.69) is 18.2 Å². The number of aromatic nitrogens is 1. The third kappa shape index (κ3) is 4.33. The molecule has 1 saturated carbocycles. The van der Waals surface area contributed by atoms with Gasteiger partial charge in [0.05, 0.1) is 11.3 Å². The first-order chi connectivity index (χ1) is 13.2. The number of aryl methyl sites for hydroxylation is 2. The van der Waals surface area contributed by atoms with Crippen molar-refractivity contribution in [2.75, 3.05) is 5.75 Å². The van der Waals surface area contributed by atoms with Crippen LogP contribution in [0.5, 0.6) is 0 Å². The second kappa shape index (κ2) is 8.14. The number of fused-ring (bicyclic) bond motifs is 1. The van der Waals surface area contributed by atoms with E-state index in [0.29, 0.717) is 28.9 Å². The van der Waals surface area contributed by atoms with Gasteiger partial charge in [-0.25, -0.2) is 4.98 Å². The highest BCUT2D eigenvalue weighted by Crippen LogP contribution is 2.31. The third-order valence-corrected chi connectivity index (χ3v) is 6.20. The van der Waals surface area contributed by atoms with Gasteiger partial charge in [-0.05, 0) is 55.7 Å². The largest absolute Gasteiger partial charge is 0.335 e. The smallest absolute Gasteiger partial charge is 0.233 e. The summed E-state index contributed by atoms with van der Waals surface area (Å²) in [5.41, 5.74) is 4.08. The van der Waals surface area contributed by atoms with E-state index in [9.17, 15) is 10.1 Å². The second-order valence-electron chi connectivity index (χ2n) is 7.29. The van der Waals surface area contributed by atoms with Crippen LogP contribution in [0.3, 0.4) is 0 Å². The molecule has 1 aromatic carbocycles. The Hall–Kier alpha value is -2.32. The lowest BCUT2D eigenvalue weighted by molar-refractivity contribution is -0.129. The quantitative estimate of drug-likeness (QED) is 0.711. The molecule has 4 nitrogen and oxygen atoms in total. The molecule has 0 atom stereocenters. The van der Waals surface area contributed by atoms with Crippen LogP contribution in [0.4, 0.5) is 0 Å². The Morgan fingerprint density at radius 1 is 1.22 bits per heavy atom. The van der Waals surface area contributed by atoms with Gasteiger partial charge in [0.25, 0.3) is 0 Å². The van der Waals surface area contributed by atoms with Crippen molar-refractivity contribution in [3.05, 3.63) is 58.8 Å². The fourth-order valence-electron chi connectivity index (χ4n) is 3.61. The van der Waals surface area contributed by atoms with Gasteiger partial charge in [-0.3, -0.25) is 4.79 Å². The number of hydrogen-bond donors (Lipinski definition) is 0. The van der Waals surface area contributed by atoms with Gasteiger partial charge in [0, 0.05) is 18.3 Å². The van der Waals surface area contributed by atoms with Crippen molar-refractivity contribution in [3.63, 3.8) is 0 Å². The molecule has 0 radical (unpaired) electrons. The van der Waals surface area contributed by atoms with Crippen molar-refractivity contribution in [2.45, 2.75) is 56.1 Å². The topological polar surface area (TPSA) is 57.0 Å². The van der Waals surface area contributed by atoms with Gasteiger partial charge in [-0.15, -0.1) is 0 Å². The van der Waals surface area contributed by atoms with E-state index in [1.165, 1.54) is 23.7 Å². The first-order valence-electron chi connectivity index (χ1n) is 9.63. The molecule has 2 aliphatic carbocycles. The summed E-state index contributed by atoms with van der Waals surface area (Å²) >= 11 is 1.41. The molecule has 1 amide bonds. The molecule has 0 aliphatic heterocycles. The lowest BCUT2D eigenvalue weighted by atomic mass is 9.95. The molecule has 1 aromatic heterocycles. The van der Waals surface area contributed by atoms with Gasteiger partial charge in [-0.2, -0.15) is 5.26 Å². The van der Waals surface area contributed by atoms with Crippen molar-refractivity contribution in [1.29, 1.82) is 5.26 Å². The molecule has 5 heteroatoms. The molecule has 0 bridgehead atoms. The van der Waals surface area contributed by atoms with Crippen molar-refractivity contribution in [2.24, 2.45) is 0 Å². The molecule has 2 aliphatic rings. The maximum atomic E-state index is 12.9. The van der Waals surface area contributed by atoms with Gasteiger partial charge in [0.15, 0.2) is 0 Å². The molecular weight excluding hydrogens is 354 g/mol. The van der Waals surface area contributed by atoms with Crippen LogP contribution < -0.4 is 0 Å². The molecule has 0 unspecified atom stereocenters. The van der Waals surface area contributed by atoms with Crippen molar-refractivity contribution in [1.82, 2.24) is 9.88 Å². The standard InChI is InChI=1S/C22H23N3OS/c23-13-18-12-17-8-4-5-9-20(17)24-22(18)27-15-21(26)25(19-10-11-19)14-16-6-2-1-3-7-16/h1-3,6-7,12,19H,4-5,8-11,14-15H2. The minimum absolute atomic E-state index is 0.134. The maximum absolute atomic E-state index is 12.9. The van der Waals surface area contributed by atoms with Crippen molar-refractivity contribution in [3.8, 4) is 6.07 Å². The van der Waals surface area contributed by atoms with E-state index in [-0.39, 0.29) is 5.91 Å². The van der Waals surface area contributed by atoms with Gasteiger partial charge in [-0.1, -0.05) is 42.1 Å². The van der Waals surface area contributed by atoms with Crippen LogP contribution in [0.1, 0.15) is 48.1 Å². The predicted molar refractivity (Wildman–Crippen MR) is 106 cm³/mol.